The first-order chi connectivity index (χ1) is 13.1. The summed E-state index contributed by atoms with van der Waals surface area (Å²) in [4.78, 5) is 24.5. The highest BCUT2D eigenvalue weighted by Gasteiger charge is 2.36. The number of halogens is 1. The molecule has 27 heavy (non-hydrogen) atoms. The monoisotopic (exact) mass is 368 g/mol. The Labute approximate surface area is 156 Å². The van der Waals surface area contributed by atoms with Gasteiger partial charge in [-0.25, -0.2) is 14.4 Å². The molecule has 2 aliphatic heterocycles. The summed E-state index contributed by atoms with van der Waals surface area (Å²) in [7, 11) is 0. The van der Waals surface area contributed by atoms with E-state index in [9.17, 15) is 9.18 Å². The lowest BCUT2D eigenvalue weighted by molar-refractivity contribution is -0.132. The molecular weight excluding hydrogens is 347 g/mol. The summed E-state index contributed by atoms with van der Waals surface area (Å²) in [5, 5.41) is 13.5. The zero-order valence-electron chi connectivity index (χ0n) is 14.9. The highest BCUT2D eigenvalue weighted by Crippen LogP contribution is 2.22. The zero-order valence-corrected chi connectivity index (χ0v) is 14.9. The van der Waals surface area contributed by atoms with Crippen molar-refractivity contribution in [2.24, 2.45) is 0 Å². The Bertz CT molecular complexity index is 884. The fourth-order valence-electron chi connectivity index (χ4n) is 3.84. The van der Waals surface area contributed by atoms with Crippen LogP contribution in [0.25, 0.3) is 11.0 Å². The van der Waals surface area contributed by atoms with E-state index in [1.807, 2.05) is 24.3 Å². The van der Waals surface area contributed by atoms with Crippen LogP contribution in [0.5, 0.6) is 0 Å². The molecular formula is C19H21FN6O. The predicted octanol–water partition coefficient (Wildman–Crippen LogP) is 1.58. The van der Waals surface area contributed by atoms with Gasteiger partial charge in [-0.05, 0) is 24.6 Å². The van der Waals surface area contributed by atoms with Gasteiger partial charge < -0.3 is 10.2 Å². The molecule has 8 heteroatoms. The Hall–Kier alpha value is -2.79. The van der Waals surface area contributed by atoms with Crippen LogP contribution in [-0.2, 0) is 4.79 Å². The molecule has 4 heterocycles. The lowest BCUT2D eigenvalue weighted by atomic mass is 10.2. The largest absolute Gasteiger partial charge is 0.380 e. The molecule has 2 fully saturated rings. The molecule has 1 amide bonds. The normalized spacial score (nSPS) is 25.6. The fourth-order valence-corrected chi connectivity index (χ4v) is 3.84. The first-order valence-corrected chi connectivity index (χ1v) is 9.15. The molecule has 2 aromatic rings. The van der Waals surface area contributed by atoms with Crippen molar-refractivity contribution < 1.29 is 9.18 Å². The van der Waals surface area contributed by atoms with Crippen molar-refractivity contribution in [3.63, 3.8) is 0 Å². The fraction of sp³-hybridized carbons (Fsp3) is 0.474. The summed E-state index contributed by atoms with van der Waals surface area (Å²) >= 11 is 0. The van der Waals surface area contributed by atoms with Crippen LogP contribution < -0.4 is 5.32 Å². The van der Waals surface area contributed by atoms with E-state index in [-0.39, 0.29) is 31.5 Å². The van der Waals surface area contributed by atoms with E-state index >= 15 is 0 Å². The van der Waals surface area contributed by atoms with Gasteiger partial charge in [-0.1, -0.05) is 0 Å². The van der Waals surface area contributed by atoms with Crippen molar-refractivity contribution in [3.05, 3.63) is 30.6 Å². The molecule has 0 radical (unpaired) electrons. The van der Waals surface area contributed by atoms with Gasteiger partial charge >= 0.3 is 0 Å². The molecule has 0 bridgehead atoms. The lowest BCUT2D eigenvalue weighted by Gasteiger charge is -2.23. The maximum atomic E-state index is 13.5. The molecule has 0 aliphatic carbocycles. The molecule has 1 N–H and O–H groups in total. The SMILES string of the molecule is N#C[C@@H]1C[C@H](F)CN1C(=O)CN1CC[C@H](Nc2cnc3ncccc3c2)C1. The lowest BCUT2D eigenvalue weighted by Crippen LogP contribution is -2.42. The molecule has 7 nitrogen and oxygen atoms in total. The number of hydrogen-bond donors (Lipinski definition) is 1. The number of carbonyl (C=O) groups excluding carboxylic acids is 1. The van der Waals surface area contributed by atoms with E-state index in [1.165, 1.54) is 4.90 Å². The van der Waals surface area contributed by atoms with Crippen molar-refractivity contribution in [1.29, 1.82) is 5.26 Å². The minimum atomic E-state index is -1.10. The van der Waals surface area contributed by atoms with Crippen LogP contribution in [-0.4, -0.2) is 70.1 Å². The standard InChI is InChI=1S/C19H21FN6O/c20-14-7-17(8-21)26(10-14)18(27)12-25-5-3-15(11-25)24-16-6-13-2-1-4-22-19(13)23-9-16/h1-2,4,6,9,14-15,17,24H,3,5,7,10-12H2/t14-,15-,17-/m0/s1. The van der Waals surface area contributed by atoms with E-state index in [4.69, 9.17) is 5.26 Å². The summed E-state index contributed by atoms with van der Waals surface area (Å²) < 4.78 is 13.5. The van der Waals surface area contributed by atoms with Gasteiger partial charge in [0.15, 0.2) is 5.65 Å². The van der Waals surface area contributed by atoms with Gasteiger partial charge in [-0.15, -0.1) is 0 Å². The number of alkyl halides is 1. The minimum absolute atomic E-state index is 0.0311. The van der Waals surface area contributed by atoms with Crippen molar-refractivity contribution in [1.82, 2.24) is 19.8 Å². The van der Waals surface area contributed by atoms with E-state index < -0.39 is 12.2 Å². The molecule has 140 valence electrons. The summed E-state index contributed by atoms with van der Waals surface area (Å²) in [6.45, 7) is 1.77. The number of nitrogens with zero attached hydrogens (tertiary/aromatic N) is 5. The molecule has 3 atom stereocenters. The van der Waals surface area contributed by atoms with Crippen LogP contribution in [0.4, 0.5) is 10.1 Å². The number of nitrogens with one attached hydrogen (secondary N) is 1. The number of pyridine rings is 2. The molecule has 2 aliphatic rings. The van der Waals surface area contributed by atoms with Gasteiger partial charge in [-0.3, -0.25) is 9.69 Å². The van der Waals surface area contributed by atoms with Crippen LogP contribution >= 0.6 is 0 Å². The summed E-state index contributed by atoms with van der Waals surface area (Å²) in [6, 6.07) is 7.48. The topological polar surface area (TPSA) is 85.2 Å². The second-order valence-corrected chi connectivity index (χ2v) is 7.16. The van der Waals surface area contributed by atoms with Gasteiger partial charge in [0.1, 0.15) is 12.2 Å². The Morgan fingerprint density at radius 1 is 1.41 bits per heavy atom. The van der Waals surface area contributed by atoms with E-state index in [1.54, 1.807) is 12.4 Å². The maximum absolute atomic E-state index is 13.5. The average Bonchev–Trinajstić information content (AvgIpc) is 3.27. The van der Waals surface area contributed by atoms with Gasteiger partial charge in [0, 0.05) is 37.1 Å². The van der Waals surface area contributed by atoms with Gasteiger partial charge in [-0.2, -0.15) is 5.26 Å². The molecule has 0 spiro atoms. The Balaban J connectivity index is 1.33. The number of likely N-dealkylation sites (tertiary alicyclic amines) is 2. The average molecular weight is 368 g/mol. The summed E-state index contributed by atoms with van der Waals surface area (Å²) in [5.74, 6) is -0.166. The number of carbonyl (C=O) groups is 1. The number of aromatic nitrogens is 2. The Kier molecular flexibility index (Phi) is 4.86. The van der Waals surface area contributed by atoms with Gasteiger partial charge in [0.2, 0.25) is 5.91 Å². The number of nitriles is 1. The van der Waals surface area contributed by atoms with Crippen LogP contribution in [0.3, 0.4) is 0 Å². The first kappa shape index (κ1) is 17.6. The molecule has 0 unspecified atom stereocenters. The number of anilines is 1. The third kappa shape index (κ3) is 3.83. The summed E-state index contributed by atoms with van der Waals surface area (Å²) in [5.41, 5.74) is 1.64. The predicted molar refractivity (Wildman–Crippen MR) is 98.6 cm³/mol. The molecule has 0 saturated carbocycles. The second kappa shape index (κ2) is 7.45. The number of rotatable bonds is 4. The molecule has 2 aromatic heterocycles. The highest BCUT2D eigenvalue weighted by molar-refractivity contribution is 5.79. The van der Waals surface area contributed by atoms with Crippen LogP contribution in [0.2, 0.25) is 0 Å². The van der Waals surface area contributed by atoms with E-state index in [0.717, 1.165) is 30.6 Å². The van der Waals surface area contributed by atoms with Crippen LogP contribution in [0, 0.1) is 11.3 Å². The maximum Gasteiger partial charge on any atom is 0.237 e. The molecule has 0 aromatic carbocycles. The summed E-state index contributed by atoms with van der Waals surface area (Å²) in [6.07, 6.45) is 3.42. The Morgan fingerprint density at radius 3 is 3.15 bits per heavy atom. The second-order valence-electron chi connectivity index (χ2n) is 7.16. The smallest absolute Gasteiger partial charge is 0.237 e. The number of hydrogen-bond acceptors (Lipinski definition) is 6. The number of fused-ring (bicyclic) bond motifs is 1. The third-order valence-electron chi connectivity index (χ3n) is 5.18. The Morgan fingerprint density at radius 2 is 2.30 bits per heavy atom. The number of amides is 1. The van der Waals surface area contributed by atoms with Crippen LogP contribution in [0.15, 0.2) is 30.6 Å². The van der Waals surface area contributed by atoms with Gasteiger partial charge in [0.25, 0.3) is 0 Å². The van der Waals surface area contributed by atoms with Crippen molar-refractivity contribution in [2.75, 3.05) is 31.5 Å². The quantitative estimate of drug-likeness (QED) is 0.882. The van der Waals surface area contributed by atoms with E-state index in [0.29, 0.717) is 5.65 Å². The molecule has 4 rings (SSSR count). The highest BCUT2D eigenvalue weighted by atomic mass is 19.1. The first-order valence-electron chi connectivity index (χ1n) is 9.15. The van der Waals surface area contributed by atoms with Gasteiger partial charge in [0.05, 0.1) is 31.0 Å². The van der Waals surface area contributed by atoms with Crippen molar-refractivity contribution in [3.8, 4) is 6.07 Å². The van der Waals surface area contributed by atoms with Crippen molar-refractivity contribution >= 4 is 22.6 Å². The third-order valence-corrected chi connectivity index (χ3v) is 5.18. The van der Waals surface area contributed by atoms with Crippen LogP contribution in [0.1, 0.15) is 12.8 Å². The van der Waals surface area contributed by atoms with E-state index in [2.05, 4.69) is 20.2 Å². The zero-order chi connectivity index (χ0) is 18.8. The van der Waals surface area contributed by atoms with Crippen molar-refractivity contribution in [2.45, 2.75) is 31.1 Å². The molecule has 2 saturated heterocycles. The minimum Gasteiger partial charge on any atom is -0.380 e.